The third-order valence-corrected chi connectivity index (χ3v) is 5.36. The van der Waals surface area contributed by atoms with Crippen LogP contribution in [0, 0.1) is 11.8 Å². The fourth-order valence-corrected chi connectivity index (χ4v) is 4.21. The molecular weight excluding hydrogens is 277 g/mol. The van der Waals surface area contributed by atoms with Crippen LogP contribution in [0.3, 0.4) is 0 Å². The predicted molar refractivity (Wildman–Crippen MR) is 77.1 cm³/mol. The summed E-state index contributed by atoms with van der Waals surface area (Å²) in [7, 11) is 0. The van der Waals surface area contributed by atoms with E-state index in [0.29, 0.717) is 12.0 Å². The zero-order valence-corrected chi connectivity index (χ0v) is 12.7. The second-order valence-corrected chi connectivity index (χ2v) is 7.37. The maximum Gasteiger partial charge on any atom is 0.401 e. The lowest BCUT2D eigenvalue weighted by Gasteiger charge is -2.41. The van der Waals surface area contributed by atoms with Crippen LogP contribution in [0.2, 0.25) is 0 Å². The second-order valence-electron chi connectivity index (χ2n) is 7.37. The van der Waals surface area contributed by atoms with E-state index in [9.17, 15) is 13.2 Å². The van der Waals surface area contributed by atoms with Gasteiger partial charge in [-0.05, 0) is 37.5 Å². The van der Waals surface area contributed by atoms with Gasteiger partial charge < -0.3 is 5.32 Å². The van der Waals surface area contributed by atoms with Crippen molar-refractivity contribution in [3.63, 3.8) is 0 Å². The van der Waals surface area contributed by atoms with E-state index < -0.39 is 12.7 Å². The first-order valence-corrected chi connectivity index (χ1v) is 8.54. The molecule has 2 aliphatic carbocycles. The topological polar surface area (TPSA) is 15.3 Å². The van der Waals surface area contributed by atoms with E-state index in [-0.39, 0.29) is 6.04 Å². The minimum absolute atomic E-state index is 0.0183. The van der Waals surface area contributed by atoms with Crippen molar-refractivity contribution < 1.29 is 13.2 Å². The van der Waals surface area contributed by atoms with Crippen LogP contribution < -0.4 is 5.32 Å². The average molecular weight is 304 g/mol. The highest BCUT2D eigenvalue weighted by Crippen LogP contribution is 2.39. The summed E-state index contributed by atoms with van der Waals surface area (Å²) >= 11 is 0. The SMILES string of the molecule is FC(F)(F)CNC1CC(CC2CC2)CN(C2CCCC2)C1. The summed E-state index contributed by atoms with van der Waals surface area (Å²) in [5, 5.41) is 2.77. The average Bonchev–Trinajstić information content (AvgIpc) is 3.06. The molecule has 2 saturated carbocycles. The van der Waals surface area contributed by atoms with Gasteiger partial charge in [0, 0.05) is 25.2 Å². The highest BCUT2D eigenvalue weighted by atomic mass is 19.4. The molecule has 0 spiro atoms. The van der Waals surface area contributed by atoms with Crippen LogP contribution in [0.5, 0.6) is 0 Å². The molecule has 5 heteroatoms. The van der Waals surface area contributed by atoms with Gasteiger partial charge in [0.1, 0.15) is 0 Å². The Balaban J connectivity index is 1.56. The Bertz CT molecular complexity index is 335. The monoisotopic (exact) mass is 304 g/mol. The fraction of sp³-hybridized carbons (Fsp3) is 1.00. The van der Waals surface area contributed by atoms with E-state index in [1.165, 1.54) is 44.9 Å². The van der Waals surface area contributed by atoms with Gasteiger partial charge in [-0.2, -0.15) is 13.2 Å². The van der Waals surface area contributed by atoms with E-state index in [1.54, 1.807) is 0 Å². The summed E-state index contributed by atoms with van der Waals surface area (Å²) in [4.78, 5) is 2.50. The minimum Gasteiger partial charge on any atom is -0.305 e. The maximum absolute atomic E-state index is 12.4. The third-order valence-electron chi connectivity index (χ3n) is 5.36. The molecule has 2 nitrogen and oxygen atoms in total. The van der Waals surface area contributed by atoms with Crippen LogP contribution >= 0.6 is 0 Å². The van der Waals surface area contributed by atoms with Crippen molar-refractivity contribution in [3.05, 3.63) is 0 Å². The molecule has 1 aliphatic heterocycles. The second kappa shape index (κ2) is 6.45. The number of halogens is 3. The quantitative estimate of drug-likeness (QED) is 0.835. The van der Waals surface area contributed by atoms with Crippen molar-refractivity contribution in [3.8, 4) is 0 Å². The largest absolute Gasteiger partial charge is 0.401 e. The Morgan fingerprint density at radius 1 is 0.952 bits per heavy atom. The fourth-order valence-electron chi connectivity index (χ4n) is 4.21. The molecule has 0 radical (unpaired) electrons. The summed E-state index contributed by atoms with van der Waals surface area (Å²) in [6, 6.07) is 0.645. The number of alkyl halides is 3. The van der Waals surface area contributed by atoms with Gasteiger partial charge in [-0.3, -0.25) is 4.90 Å². The third kappa shape index (κ3) is 4.85. The van der Waals surface area contributed by atoms with Gasteiger partial charge in [-0.15, -0.1) is 0 Å². The number of hydrogen-bond donors (Lipinski definition) is 1. The molecular formula is C16H27F3N2. The van der Waals surface area contributed by atoms with E-state index in [0.717, 1.165) is 25.4 Å². The number of likely N-dealkylation sites (tertiary alicyclic amines) is 1. The Hall–Kier alpha value is -0.290. The van der Waals surface area contributed by atoms with E-state index in [4.69, 9.17) is 0 Å². The summed E-state index contributed by atoms with van der Waals surface area (Å²) in [6.07, 6.45) is 5.78. The summed E-state index contributed by atoms with van der Waals surface area (Å²) in [5.41, 5.74) is 0. The van der Waals surface area contributed by atoms with Crippen LogP contribution in [0.1, 0.15) is 51.4 Å². The molecule has 3 fully saturated rings. The van der Waals surface area contributed by atoms with Crippen LogP contribution in [0.4, 0.5) is 13.2 Å². The number of nitrogens with one attached hydrogen (secondary N) is 1. The Morgan fingerprint density at radius 2 is 1.67 bits per heavy atom. The molecule has 0 bridgehead atoms. The Labute approximate surface area is 125 Å². The number of piperidine rings is 1. The van der Waals surface area contributed by atoms with Crippen molar-refractivity contribution in [1.29, 1.82) is 0 Å². The molecule has 2 unspecified atom stereocenters. The predicted octanol–water partition coefficient (Wildman–Crippen LogP) is 3.57. The van der Waals surface area contributed by atoms with Crippen LogP contribution in [0.15, 0.2) is 0 Å². The lowest BCUT2D eigenvalue weighted by atomic mass is 9.88. The molecule has 0 aromatic carbocycles. The highest BCUT2D eigenvalue weighted by Gasteiger charge is 2.36. The molecule has 2 atom stereocenters. The first-order chi connectivity index (χ1) is 9.99. The van der Waals surface area contributed by atoms with E-state index in [2.05, 4.69) is 10.2 Å². The van der Waals surface area contributed by atoms with Crippen molar-refractivity contribution in [2.75, 3.05) is 19.6 Å². The number of hydrogen-bond acceptors (Lipinski definition) is 2. The first kappa shape index (κ1) is 15.6. The molecule has 122 valence electrons. The zero-order valence-electron chi connectivity index (χ0n) is 12.7. The standard InChI is InChI=1S/C16H27F3N2/c17-16(18,19)11-20-14-8-13(7-12-5-6-12)9-21(10-14)15-3-1-2-4-15/h12-15,20H,1-11H2. The van der Waals surface area contributed by atoms with Crippen molar-refractivity contribution in [1.82, 2.24) is 10.2 Å². The van der Waals surface area contributed by atoms with E-state index in [1.807, 2.05) is 0 Å². The van der Waals surface area contributed by atoms with Gasteiger partial charge in [0.15, 0.2) is 0 Å². The van der Waals surface area contributed by atoms with Crippen LogP contribution in [-0.2, 0) is 0 Å². The molecule has 0 aromatic rings. The Kier molecular flexibility index (Phi) is 4.79. The van der Waals surface area contributed by atoms with Gasteiger partial charge in [-0.25, -0.2) is 0 Å². The highest BCUT2D eigenvalue weighted by molar-refractivity contribution is 4.91. The number of rotatable bonds is 5. The van der Waals surface area contributed by atoms with Crippen molar-refractivity contribution in [2.24, 2.45) is 11.8 Å². The molecule has 1 heterocycles. The van der Waals surface area contributed by atoms with Gasteiger partial charge in [0.05, 0.1) is 6.54 Å². The summed E-state index contributed by atoms with van der Waals surface area (Å²) in [5.74, 6) is 1.46. The lowest BCUT2D eigenvalue weighted by molar-refractivity contribution is -0.127. The van der Waals surface area contributed by atoms with E-state index >= 15 is 0 Å². The van der Waals surface area contributed by atoms with Gasteiger partial charge >= 0.3 is 6.18 Å². The lowest BCUT2D eigenvalue weighted by Crippen LogP contribution is -2.53. The molecule has 3 aliphatic rings. The van der Waals surface area contributed by atoms with Gasteiger partial charge in [-0.1, -0.05) is 25.7 Å². The molecule has 3 rings (SSSR count). The summed E-state index contributed by atoms with van der Waals surface area (Å²) < 4.78 is 37.3. The molecule has 1 N–H and O–H groups in total. The first-order valence-electron chi connectivity index (χ1n) is 8.54. The molecule has 21 heavy (non-hydrogen) atoms. The molecule has 0 aromatic heterocycles. The smallest absolute Gasteiger partial charge is 0.305 e. The number of nitrogens with zero attached hydrogens (tertiary/aromatic N) is 1. The summed E-state index contributed by atoms with van der Waals surface area (Å²) in [6.45, 7) is 1.08. The zero-order chi connectivity index (χ0) is 14.9. The van der Waals surface area contributed by atoms with Crippen molar-refractivity contribution >= 4 is 0 Å². The molecule has 0 amide bonds. The van der Waals surface area contributed by atoms with Crippen LogP contribution in [0.25, 0.3) is 0 Å². The van der Waals surface area contributed by atoms with Gasteiger partial charge in [0.25, 0.3) is 0 Å². The van der Waals surface area contributed by atoms with Gasteiger partial charge in [0.2, 0.25) is 0 Å². The minimum atomic E-state index is -4.10. The Morgan fingerprint density at radius 3 is 2.29 bits per heavy atom. The maximum atomic E-state index is 12.4. The molecule has 1 saturated heterocycles. The van der Waals surface area contributed by atoms with Crippen molar-refractivity contribution in [2.45, 2.75) is 69.6 Å². The normalized spacial score (nSPS) is 32.7. The van der Waals surface area contributed by atoms with Crippen LogP contribution in [-0.4, -0.2) is 42.8 Å².